The smallest absolute Gasteiger partial charge is 0.259 e. The van der Waals surface area contributed by atoms with Gasteiger partial charge in [-0.25, -0.2) is 19.3 Å². The van der Waals surface area contributed by atoms with Crippen molar-refractivity contribution in [3.63, 3.8) is 0 Å². The Labute approximate surface area is 159 Å². The Bertz CT molecular complexity index is 1230. The van der Waals surface area contributed by atoms with Gasteiger partial charge in [-0.3, -0.25) is 10.1 Å². The number of carbonyl (C=O) groups is 1. The normalized spacial score (nSPS) is 11.3. The van der Waals surface area contributed by atoms with E-state index in [9.17, 15) is 9.18 Å². The van der Waals surface area contributed by atoms with E-state index in [1.54, 1.807) is 6.92 Å². The van der Waals surface area contributed by atoms with Crippen LogP contribution in [-0.4, -0.2) is 20.9 Å². The molecule has 0 saturated carbocycles. The quantitative estimate of drug-likeness (QED) is 0.539. The minimum atomic E-state index is -0.527. The van der Waals surface area contributed by atoms with Gasteiger partial charge in [-0.15, -0.1) is 0 Å². The minimum absolute atomic E-state index is 0.146. The van der Waals surface area contributed by atoms with Crippen LogP contribution < -0.4 is 5.32 Å². The maximum atomic E-state index is 14.0. The van der Waals surface area contributed by atoms with E-state index in [2.05, 4.69) is 26.3 Å². The van der Waals surface area contributed by atoms with Crippen molar-refractivity contribution in [2.45, 2.75) is 27.7 Å². The number of fused-ring (bicyclic) bond motifs is 2. The first kappa shape index (κ1) is 17.5. The summed E-state index contributed by atoms with van der Waals surface area (Å²) >= 11 is 1.39. The van der Waals surface area contributed by atoms with Gasteiger partial charge in [-0.2, -0.15) is 0 Å². The van der Waals surface area contributed by atoms with E-state index >= 15 is 0 Å². The van der Waals surface area contributed by atoms with Crippen molar-refractivity contribution in [3.8, 4) is 0 Å². The molecule has 4 rings (SSSR count). The average Bonchev–Trinajstić information content (AvgIpc) is 2.98. The second-order valence-corrected chi connectivity index (χ2v) is 7.65. The van der Waals surface area contributed by atoms with Gasteiger partial charge in [0.25, 0.3) is 5.91 Å². The molecule has 0 bridgehead atoms. The van der Waals surface area contributed by atoms with Gasteiger partial charge in [0, 0.05) is 6.07 Å². The molecule has 1 N–H and O–H groups in total. The van der Waals surface area contributed by atoms with Crippen molar-refractivity contribution in [3.05, 3.63) is 58.2 Å². The van der Waals surface area contributed by atoms with Gasteiger partial charge < -0.3 is 0 Å². The Morgan fingerprint density at radius 2 is 1.70 bits per heavy atom. The molecule has 0 fully saturated rings. The molecule has 27 heavy (non-hydrogen) atoms. The number of nitrogens with zero attached hydrogens (tertiary/aromatic N) is 3. The molecule has 5 nitrogen and oxygen atoms in total. The van der Waals surface area contributed by atoms with E-state index in [1.165, 1.54) is 23.5 Å². The van der Waals surface area contributed by atoms with E-state index in [4.69, 9.17) is 0 Å². The van der Waals surface area contributed by atoms with Gasteiger partial charge >= 0.3 is 0 Å². The van der Waals surface area contributed by atoms with Crippen LogP contribution in [0.2, 0.25) is 0 Å². The highest BCUT2D eigenvalue weighted by molar-refractivity contribution is 7.22. The lowest BCUT2D eigenvalue weighted by atomic mass is 10.1. The Kier molecular flexibility index (Phi) is 4.11. The van der Waals surface area contributed by atoms with Crippen molar-refractivity contribution in [1.82, 2.24) is 15.0 Å². The number of benzene rings is 2. The Balaban J connectivity index is 1.77. The summed E-state index contributed by atoms with van der Waals surface area (Å²) < 4.78 is 15.0. The lowest BCUT2D eigenvalue weighted by Gasteiger charge is -2.08. The fourth-order valence-electron chi connectivity index (χ4n) is 3.06. The van der Waals surface area contributed by atoms with Gasteiger partial charge in [-0.05, 0) is 51.0 Å². The lowest BCUT2D eigenvalue weighted by Crippen LogP contribution is -2.14. The highest BCUT2D eigenvalue weighted by Crippen LogP contribution is 2.30. The second-order valence-electron chi connectivity index (χ2n) is 6.62. The van der Waals surface area contributed by atoms with Crippen LogP contribution in [-0.2, 0) is 0 Å². The molecular formula is C20H17FN4OS. The average molecular weight is 380 g/mol. The number of hydrogen-bond acceptors (Lipinski definition) is 5. The molecule has 0 aliphatic carbocycles. The number of hydrogen-bond donors (Lipinski definition) is 1. The van der Waals surface area contributed by atoms with Gasteiger partial charge in [0.05, 0.1) is 32.7 Å². The van der Waals surface area contributed by atoms with Gasteiger partial charge in [0.15, 0.2) is 5.13 Å². The number of thiazole rings is 1. The summed E-state index contributed by atoms with van der Waals surface area (Å²) in [6.07, 6.45) is 0. The fourth-order valence-corrected chi connectivity index (χ4v) is 4.10. The molecule has 0 saturated heterocycles. The number of rotatable bonds is 2. The summed E-state index contributed by atoms with van der Waals surface area (Å²) in [5.41, 5.74) is 5.34. The summed E-state index contributed by atoms with van der Waals surface area (Å²) in [4.78, 5) is 26.1. The predicted octanol–water partition coefficient (Wildman–Crippen LogP) is 4.86. The van der Waals surface area contributed by atoms with Crippen LogP contribution in [0.5, 0.6) is 0 Å². The summed E-state index contributed by atoms with van der Waals surface area (Å²) in [5.74, 6) is -0.980. The molecule has 2 aromatic heterocycles. The van der Waals surface area contributed by atoms with Gasteiger partial charge in [0.2, 0.25) is 0 Å². The van der Waals surface area contributed by atoms with Crippen molar-refractivity contribution in [1.29, 1.82) is 0 Å². The number of nitrogens with one attached hydrogen (secondary N) is 1. The van der Waals surface area contributed by atoms with Crippen LogP contribution in [0.15, 0.2) is 24.3 Å². The predicted molar refractivity (Wildman–Crippen MR) is 106 cm³/mol. The molecule has 1 amide bonds. The summed E-state index contributed by atoms with van der Waals surface area (Å²) in [7, 11) is 0. The zero-order valence-electron chi connectivity index (χ0n) is 15.3. The van der Waals surface area contributed by atoms with Gasteiger partial charge in [-0.1, -0.05) is 17.4 Å². The summed E-state index contributed by atoms with van der Waals surface area (Å²) in [6.45, 7) is 7.62. The lowest BCUT2D eigenvalue weighted by molar-refractivity contribution is 0.102. The first-order chi connectivity index (χ1) is 12.8. The highest BCUT2D eigenvalue weighted by Gasteiger charge is 2.17. The molecule has 0 aliphatic rings. The third-order valence-corrected chi connectivity index (χ3v) is 5.36. The third kappa shape index (κ3) is 3.14. The largest absolute Gasteiger partial charge is 0.298 e. The standard InChI is InChI=1S/C20H17FN4OS/c1-9-5-10(2)17-16(6-9)27-20(24-17)25-19(26)14-7-13(21)8-15-18(14)23-12(4)11(3)22-15/h5-8H,1-4H3,(H,24,25,26). The van der Waals surface area contributed by atoms with E-state index in [-0.39, 0.29) is 5.56 Å². The number of aryl methyl sites for hydroxylation is 4. The third-order valence-electron chi connectivity index (χ3n) is 4.44. The molecule has 0 unspecified atom stereocenters. The van der Waals surface area contributed by atoms with E-state index < -0.39 is 11.7 Å². The van der Waals surface area contributed by atoms with Crippen LogP contribution in [0.25, 0.3) is 21.3 Å². The Morgan fingerprint density at radius 3 is 2.48 bits per heavy atom. The van der Waals surface area contributed by atoms with E-state index in [0.717, 1.165) is 21.3 Å². The Morgan fingerprint density at radius 1 is 0.963 bits per heavy atom. The number of anilines is 1. The SMILES string of the molecule is Cc1cc(C)c2nc(NC(=O)c3cc(F)cc4nc(C)c(C)nc34)sc2c1. The van der Waals surface area contributed by atoms with Crippen LogP contribution in [0, 0.1) is 33.5 Å². The van der Waals surface area contributed by atoms with Crippen LogP contribution >= 0.6 is 11.3 Å². The molecule has 2 heterocycles. The molecule has 2 aromatic carbocycles. The molecule has 136 valence electrons. The molecule has 0 spiro atoms. The maximum Gasteiger partial charge on any atom is 0.259 e. The molecule has 0 radical (unpaired) electrons. The zero-order valence-corrected chi connectivity index (χ0v) is 16.2. The summed E-state index contributed by atoms with van der Waals surface area (Å²) in [5, 5.41) is 3.25. The first-order valence-electron chi connectivity index (χ1n) is 8.45. The van der Waals surface area contributed by atoms with Gasteiger partial charge in [0.1, 0.15) is 11.3 Å². The van der Waals surface area contributed by atoms with Crippen molar-refractivity contribution in [2.24, 2.45) is 0 Å². The number of aromatic nitrogens is 3. The van der Waals surface area contributed by atoms with Crippen molar-refractivity contribution in [2.75, 3.05) is 5.32 Å². The molecular weight excluding hydrogens is 363 g/mol. The number of amides is 1. The molecule has 0 aliphatic heterocycles. The van der Waals surface area contributed by atoms with E-state index in [0.29, 0.717) is 27.6 Å². The summed E-state index contributed by atoms with van der Waals surface area (Å²) in [6, 6.07) is 6.55. The van der Waals surface area contributed by atoms with Crippen molar-refractivity contribution >= 4 is 43.6 Å². The highest BCUT2D eigenvalue weighted by atomic mass is 32.1. The van der Waals surface area contributed by atoms with Crippen LogP contribution in [0.1, 0.15) is 32.9 Å². The topological polar surface area (TPSA) is 67.8 Å². The minimum Gasteiger partial charge on any atom is -0.298 e. The monoisotopic (exact) mass is 380 g/mol. The Hall–Kier alpha value is -2.93. The fraction of sp³-hybridized carbons (Fsp3) is 0.200. The maximum absolute atomic E-state index is 14.0. The molecule has 0 atom stereocenters. The zero-order chi connectivity index (χ0) is 19.3. The second kappa shape index (κ2) is 6.35. The van der Waals surface area contributed by atoms with E-state index in [1.807, 2.05) is 26.8 Å². The molecule has 7 heteroatoms. The first-order valence-corrected chi connectivity index (χ1v) is 9.27. The molecule has 4 aromatic rings. The van der Waals surface area contributed by atoms with Crippen LogP contribution in [0.4, 0.5) is 9.52 Å². The number of carbonyl (C=O) groups excluding carboxylic acids is 1. The number of halogens is 1. The van der Waals surface area contributed by atoms with Crippen LogP contribution in [0.3, 0.4) is 0 Å². The van der Waals surface area contributed by atoms with Crippen molar-refractivity contribution < 1.29 is 9.18 Å².